The fraction of sp³-hybridized carbons (Fsp3) is 0. The van der Waals surface area contributed by atoms with Crippen molar-refractivity contribution in [3.05, 3.63) is 47.5 Å². The van der Waals surface area contributed by atoms with Crippen LogP contribution in [0.4, 0.5) is 9.41 Å². The summed E-state index contributed by atoms with van der Waals surface area (Å²) in [5.74, 6) is -2.12. The number of carboxylic acids is 2. The molecule has 6 heteroatoms. The lowest BCUT2D eigenvalue weighted by molar-refractivity contribution is 0.0684. The molecule has 4 nitrogen and oxygen atoms in total. The first-order valence-corrected chi connectivity index (χ1v) is 4.59. The average Bonchev–Trinajstić information content (AvgIpc) is 2.27. The van der Waals surface area contributed by atoms with Crippen molar-refractivity contribution in [3.63, 3.8) is 0 Å². The molecule has 0 aliphatic rings. The molecule has 0 spiro atoms. The Morgan fingerprint density at radius 1 is 0.722 bits per heavy atom. The van der Waals surface area contributed by atoms with Crippen molar-refractivity contribution < 1.29 is 29.2 Å². The number of carboxylic acid groups (broad SMARTS) is 2. The summed E-state index contributed by atoms with van der Waals surface area (Å²) in [7, 11) is 0. The predicted molar refractivity (Wildman–Crippen MR) is 62.9 cm³/mol. The Bertz CT molecular complexity index is 543. The molecule has 0 amide bonds. The summed E-state index contributed by atoms with van der Waals surface area (Å²) in [6.45, 7) is 0. The Balaban J connectivity index is 0.00000144. The summed E-state index contributed by atoms with van der Waals surface area (Å²) < 4.78 is 0. The van der Waals surface area contributed by atoms with Crippen molar-refractivity contribution in [1.82, 2.24) is 0 Å². The first-order valence-electron chi connectivity index (χ1n) is 4.59. The topological polar surface area (TPSA) is 74.6 Å². The second kappa shape index (κ2) is 5.72. The van der Waals surface area contributed by atoms with Gasteiger partial charge in [-0.15, -0.1) is 0 Å². The van der Waals surface area contributed by atoms with Crippen molar-refractivity contribution >= 4 is 22.7 Å². The van der Waals surface area contributed by atoms with E-state index < -0.39 is 11.9 Å². The van der Waals surface area contributed by atoms with Crippen LogP contribution < -0.4 is 0 Å². The zero-order valence-electron chi connectivity index (χ0n) is 8.99. The molecule has 0 radical (unpaired) electrons. The van der Waals surface area contributed by atoms with Crippen LogP contribution in [0.5, 0.6) is 0 Å². The smallest absolute Gasteiger partial charge is 0.336 e. The van der Waals surface area contributed by atoms with Crippen LogP contribution in [0.2, 0.25) is 0 Å². The van der Waals surface area contributed by atoms with Gasteiger partial charge in [-0.05, 0) is 22.9 Å². The SMILES string of the molecule is F.F.O=C(O)c1ccc(C(=O)O)c2ccccc12. The molecule has 0 saturated heterocycles. The maximum absolute atomic E-state index is 10.9. The molecule has 0 aromatic heterocycles. The van der Waals surface area contributed by atoms with Gasteiger partial charge in [0.15, 0.2) is 0 Å². The second-order valence-electron chi connectivity index (χ2n) is 3.32. The summed E-state index contributed by atoms with van der Waals surface area (Å²) in [5, 5.41) is 18.8. The molecule has 0 atom stereocenters. The number of carbonyl (C=O) groups is 2. The maximum atomic E-state index is 10.9. The van der Waals surface area contributed by atoms with E-state index in [0.29, 0.717) is 10.8 Å². The molecule has 96 valence electrons. The third-order valence-electron chi connectivity index (χ3n) is 2.38. The van der Waals surface area contributed by atoms with E-state index in [1.807, 2.05) is 0 Å². The largest absolute Gasteiger partial charge is 0.478 e. The highest BCUT2D eigenvalue weighted by Crippen LogP contribution is 2.22. The van der Waals surface area contributed by atoms with Gasteiger partial charge >= 0.3 is 11.9 Å². The number of aromatic carboxylic acids is 2. The minimum Gasteiger partial charge on any atom is -0.478 e. The fourth-order valence-corrected chi connectivity index (χ4v) is 1.67. The lowest BCUT2D eigenvalue weighted by Gasteiger charge is -2.05. The number of rotatable bonds is 2. The van der Waals surface area contributed by atoms with Crippen LogP contribution in [0.15, 0.2) is 36.4 Å². The normalized spacial score (nSPS) is 9.11. The number of hydrogen-bond donors (Lipinski definition) is 2. The van der Waals surface area contributed by atoms with E-state index >= 15 is 0 Å². The average molecular weight is 256 g/mol. The van der Waals surface area contributed by atoms with E-state index in [2.05, 4.69) is 0 Å². The van der Waals surface area contributed by atoms with Gasteiger partial charge in [-0.1, -0.05) is 24.3 Å². The van der Waals surface area contributed by atoms with Crippen molar-refractivity contribution in [2.45, 2.75) is 0 Å². The summed E-state index contributed by atoms with van der Waals surface area (Å²) in [5.41, 5.74) is 0.223. The number of hydrogen-bond acceptors (Lipinski definition) is 2. The lowest BCUT2D eigenvalue weighted by atomic mass is 10.00. The Morgan fingerprint density at radius 3 is 1.33 bits per heavy atom. The Morgan fingerprint density at radius 2 is 1.06 bits per heavy atom. The van der Waals surface area contributed by atoms with E-state index in [1.54, 1.807) is 24.3 Å². The quantitative estimate of drug-likeness (QED) is 0.865. The number of halogens is 2. The van der Waals surface area contributed by atoms with E-state index in [1.165, 1.54) is 12.1 Å². The monoisotopic (exact) mass is 256 g/mol. The molecule has 2 aromatic rings. The lowest BCUT2D eigenvalue weighted by Crippen LogP contribution is -2.02. The molecule has 0 bridgehead atoms. The van der Waals surface area contributed by atoms with Gasteiger partial charge in [0.05, 0.1) is 11.1 Å². The molecule has 0 aliphatic carbocycles. The summed E-state index contributed by atoms with van der Waals surface area (Å²) in [6.07, 6.45) is 0. The van der Waals surface area contributed by atoms with Crippen LogP contribution >= 0.6 is 0 Å². The van der Waals surface area contributed by atoms with Crippen LogP contribution in [0, 0.1) is 0 Å². The summed E-state index contributed by atoms with van der Waals surface area (Å²) >= 11 is 0. The van der Waals surface area contributed by atoms with E-state index in [-0.39, 0.29) is 20.5 Å². The molecular formula is C12H10F2O4. The predicted octanol–water partition coefficient (Wildman–Crippen LogP) is 2.54. The molecule has 2 N–H and O–H groups in total. The van der Waals surface area contributed by atoms with Crippen LogP contribution in [-0.4, -0.2) is 22.2 Å². The van der Waals surface area contributed by atoms with Gasteiger partial charge in [0.2, 0.25) is 0 Å². The molecule has 0 saturated carbocycles. The Hall–Kier alpha value is -2.50. The summed E-state index contributed by atoms with van der Waals surface area (Å²) in [4.78, 5) is 21.9. The van der Waals surface area contributed by atoms with Crippen LogP contribution in [0.25, 0.3) is 10.8 Å². The number of benzene rings is 2. The molecule has 0 unspecified atom stereocenters. The Kier molecular flexibility index (Phi) is 4.92. The van der Waals surface area contributed by atoms with Gasteiger partial charge in [0.1, 0.15) is 0 Å². The van der Waals surface area contributed by atoms with Gasteiger partial charge < -0.3 is 10.2 Å². The molecule has 2 aromatic carbocycles. The van der Waals surface area contributed by atoms with E-state index in [9.17, 15) is 9.59 Å². The third kappa shape index (κ3) is 2.42. The van der Waals surface area contributed by atoms with Gasteiger partial charge in [0, 0.05) is 0 Å². The third-order valence-corrected chi connectivity index (χ3v) is 2.38. The first kappa shape index (κ1) is 15.5. The Labute approximate surface area is 100 Å². The molecule has 0 fully saturated rings. The van der Waals surface area contributed by atoms with E-state index in [0.717, 1.165) is 0 Å². The fourth-order valence-electron chi connectivity index (χ4n) is 1.67. The van der Waals surface area contributed by atoms with Crippen molar-refractivity contribution in [3.8, 4) is 0 Å². The highest BCUT2D eigenvalue weighted by molar-refractivity contribution is 6.10. The molecular weight excluding hydrogens is 246 g/mol. The minimum atomic E-state index is -1.06. The molecule has 0 heterocycles. The van der Waals surface area contributed by atoms with Gasteiger partial charge in [-0.2, -0.15) is 0 Å². The highest BCUT2D eigenvalue weighted by Gasteiger charge is 2.13. The standard InChI is InChI=1S/C12H8O4.2FH/c13-11(14)9-5-6-10(12(15)16)8-4-2-1-3-7(8)9;;/h1-6H,(H,13,14)(H,15,16);2*1H. The zero-order valence-corrected chi connectivity index (χ0v) is 8.99. The molecule has 0 aliphatic heterocycles. The van der Waals surface area contributed by atoms with Crippen molar-refractivity contribution in [2.24, 2.45) is 0 Å². The maximum Gasteiger partial charge on any atom is 0.336 e. The highest BCUT2D eigenvalue weighted by atomic mass is 19.0. The molecule has 18 heavy (non-hydrogen) atoms. The zero-order chi connectivity index (χ0) is 11.7. The van der Waals surface area contributed by atoms with Gasteiger partial charge in [-0.3, -0.25) is 9.41 Å². The second-order valence-corrected chi connectivity index (χ2v) is 3.32. The van der Waals surface area contributed by atoms with Gasteiger partial charge in [-0.25, -0.2) is 9.59 Å². The van der Waals surface area contributed by atoms with Crippen LogP contribution in [-0.2, 0) is 0 Å². The minimum absolute atomic E-state index is 0. The van der Waals surface area contributed by atoms with Crippen LogP contribution in [0.1, 0.15) is 20.7 Å². The summed E-state index contributed by atoms with van der Waals surface area (Å²) in [6, 6.07) is 9.19. The van der Waals surface area contributed by atoms with E-state index in [4.69, 9.17) is 10.2 Å². The molecule has 2 rings (SSSR count). The van der Waals surface area contributed by atoms with Crippen LogP contribution in [0.3, 0.4) is 0 Å². The van der Waals surface area contributed by atoms with Crippen molar-refractivity contribution in [2.75, 3.05) is 0 Å². The number of fused-ring (bicyclic) bond motifs is 1. The first-order chi connectivity index (χ1) is 7.61. The van der Waals surface area contributed by atoms with Gasteiger partial charge in [0.25, 0.3) is 0 Å². The van der Waals surface area contributed by atoms with Crippen molar-refractivity contribution in [1.29, 1.82) is 0 Å².